The van der Waals surface area contributed by atoms with E-state index in [1.165, 1.54) is 6.07 Å². The summed E-state index contributed by atoms with van der Waals surface area (Å²) in [6, 6.07) is 7.05. The molecule has 0 radical (unpaired) electrons. The Balaban J connectivity index is 2.18. The topological polar surface area (TPSA) is 25.2 Å². The third-order valence-electron chi connectivity index (χ3n) is 2.86. The van der Waals surface area contributed by atoms with E-state index in [4.69, 9.17) is 4.42 Å². The van der Waals surface area contributed by atoms with Gasteiger partial charge in [0.1, 0.15) is 11.5 Å². The van der Waals surface area contributed by atoms with Crippen LogP contribution in [0.1, 0.15) is 30.0 Å². The third kappa shape index (κ3) is 3.36. The molecule has 108 valence electrons. The van der Waals surface area contributed by atoms with Crippen LogP contribution in [0.3, 0.4) is 0 Å². The molecule has 2 nitrogen and oxygen atoms in total. The van der Waals surface area contributed by atoms with Crippen LogP contribution in [0.4, 0.5) is 18.9 Å². The monoisotopic (exact) mass is 347 g/mol. The molecule has 0 saturated heterocycles. The number of hydrogen-bond donors (Lipinski definition) is 1. The molecule has 0 aliphatic carbocycles. The summed E-state index contributed by atoms with van der Waals surface area (Å²) in [5.74, 6) is 1.52. The number of furan rings is 1. The van der Waals surface area contributed by atoms with Crippen LogP contribution in [0, 0.1) is 6.92 Å². The average molecular weight is 348 g/mol. The van der Waals surface area contributed by atoms with Crippen molar-refractivity contribution in [3.63, 3.8) is 0 Å². The summed E-state index contributed by atoms with van der Waals surface area (Å²) >= 11 is 3.15. The maximum atomic E-state index is 12.6. The van der Waals surface area contributed by atoms with Crippen LogP contribution in [0.15, 0.2) is 39.2 Å². The van der Waals surface area contributed by atoms with Crippen molar-refractivity contribution in [2.24, 2.45) is 0 Å². The van der Waals surface area contributed by atoms with Gasteiger partial charge in [-0.1, -0.05) is 0 Å². The van der Waals surface area contributed by atoms with E-state index >= 15 is 0 Å². The second-order valence-corrected chi connectivity index (χ2v) is 5.36. The number of benzene rings is 1. The molecule has 1 N–H and O–H groups in total. The maximum Gasteiger partial charge on any atom is 0.416 e. The summed E-state index contributed by atoms with van der Waals surface area (Å²) in [5, 5.41) is 3.11. The molecule has 0 bridgehead atoms. The van der Waals surface area contributed by atoms with Gasteiger partial charge in [0.15, 0.2) is 0 Å². The van der Waals surface area contributed by atoms with Crippen molar-refractivity contribution in [3.05, 3.63) is 51.9 Å². The first-order valence-electron chi connectivity index (χ1n) is 5.97. The predicted molar refractivity (Wildman–Crippen MR) is 74.6 cm³/mol. The first kappa shape index (κ1) is 15.0. The highest BCUT2D eigenvalue weighted by Gasteiger charge is 2.30. The van der Waals surface area contributed by atoms with Crippen LogP contribution in [-0.4, -0.2) is 0 Å². The zero-order chi connectivity index (χ0) is 14.9. The SMILES string of the molecule is Cc1ccc(C(C)Nc2ccc(C(F)(F)F)cc2Br)o1. The van der Waals surface area contributed by atoms with Crippen molar-refractivity contribution in [3.8, 4) is 0 Å². The minimum atomic E-state index is -4.34. The number of halogens is 4. The summed E-state index contributed by atoms with van der Waals surface area (Å²) in [4.78, 5) is 0. The van der Waals surface area contributed by atoms with Gasteiger partial charge in [-0.05, 0) is 60.1 Å². The van der Waals surface area contributed by atoms with Crippen molar-refractivity contribution in [1.82, 2.24) is 0 Å². The molecule has 1 atom stereocenters. The van der Waals surface area contributed by atoms with Gasteiger partial charge in [-0.25, -0.2) is 0 Å². The van der Waals surface area contributed by atoms with Gasteiger partial charge in [0, 0.05) is 10.2 Å². The fourth-order valence-corrected chi connectivity index (χ4v) is 2.29. The molecule has 0 aliphatic rings. The first-order valence-corrected chi connectivity index (χ1v) is 6.76. The van der Waals surface area contributed by atoms with Crippen LogP contribution in [0.25, 0.3) is 0 Å². The number of rotatable bonds is 3. The molecule has 1 heterocycles. The molecule has 1 aromatic carbocycles. The number of nitrogens with one attached hydrogen (secondary N) is 1. The number of aryl methyl sites for hydroxylation is 1. The molecular weight excluding hydrogens is 335 g/mol. The van der Waals surface area contributed by atoms with E-state index in [0.29, 0.717) is 10.2 Å². The van der Waals surface area contributed by atoms with Gasteiger partial charge in [0.05, 0.1) is 11.6 Å². The van der Waals surface area contributed by atoms with Gasteiger partial charge >= 0.3 is 6.18 Å². The van der Waals surface area contributed by atoms with Crippen LogP contribution in [-0.2, 0) is 6.18 Å². The highest BCUT2D eigenvalue weighted by molar-refractivity contribution is 9.10. The Morgan fingerprint density at radius 2 is 1.90 bits per heavy atom. The first-order chi connectivity index (χ1) is 9.27. The highest BCUT2D eigenvalue weighted by atomic mass is 79.9. The van der Waals surface area contributed by atoms with E-state index in [9.17, 15) is 13.2 Å². The highest BCUT2D eigenvalue weighted by Crippen LogP contribution is 2.35. The van der Waals surface area contributed by atoms with Crippen LogP contribution < -0.4 is 5.32 Å². The molecule has 0 fully saturated rings. The molecule has 2 aromatic rings. The number of alkyl halides is 3. The quantitative estimate of drug-likeness (QED) is 0.788. The lowest BCUT2D eigenvalue weighted by Crippen LogP contribution is -2.08. The lowest BCUT2D eigenvalue weighted by molar-refractivity contribution is -0.137. The van der Waals surface area contributed by atoms with Gasteiger partial charge < -0.3 is 9.73 Å². The lowest BCUT2D eigenvalue weighted by atomic mass is 10.2. The van der Waals surface area contributed by atoms with Gasteiger partial charge in [-0.3, -0.25) is 0 Å². The van der Waals surface area contributed by atoms with Crippen LogP contribution in [0.2, 0.25) is 0 Å². The fourth-order valence-electron chi connectivity index (χ4n) is 1.80. The molecule has 0 aliphatic heterocycles. The molecule has 0 amide bonds. The minimum absolute atomic E-state index is 0.142. The summed E-state index contributed by atoms with van der Waals surface area (Å²) in [7, 11) is 0. The van der Waals surface area contributed by atoms with E-state index in [-0.39, 0.29) is 6.04 Å². The smallest absolute Gasteiger partial charge is 0.416 e. The standard InChI is InChI=1S/C14H13BrF3NO/c1-8-3-6-13(20-8)9(2)19-12-5-4-10(7-11(12)15)14(16,17)18/h3-7,9,19H,1-2H3. The lowest BCUT2D eigenvalue weighted by Gasteiger charge is -2.16. The molecule has 0 spiro atoms. The second kappa shape index (κ2) is 5.52. The summed E-state index contributed by atoms with van der Waals surface area (Å²) in [6.07, 6.45) is -4.34. The van der Waals surface area contributed by atoms with Crippen molar-refractivity contribution >= 4 is 21.6 Å². The third-order valence-corrected chi connectivity index (χ3v) is 3.51. The van der Waals surface area contributed by atoms with Gasteiger partial charge in [-0.2, -0.15) is 13.2 Å². The summed E-state index contributed by atoms with van der Waals surface area (Å²) in [5.41, 5.74) is -0.101. The Bertz CT molecular complexity index is 607. The average Bonchev–Trinajstić information content (AvgIpc) is 2.77. The number of hydrogen-bond acceptors (Lipinski definition) is 2. The van der Waals surface area contributed by atoms with Crippen molar-refractivity contribution in [1.29, 1.82) is 0 Å². The van der Waals surface area contributed by atoms with Crippen molar-refractivity contribution in [2.75, 3.05) is 5.32 Å². The largest absolute Gasteiger partial charge is 0.464 e. The molecule has 1 unspecified atom stereocenters. The van der Waals surface area contributed by atoms with Crippen molar-refractivity contribution in [2.45, 2.75) is 26.1 Å². The molecule has 0 saturated carbocycles. The molecular formula is C14H13BrF3NO. The van der Waals surface area contributed by atoms with Crippen LogP contribution >= 0.6 is 15.9 Å². The van der Waals surface area contributed by atoms with Gasteiger partial charge in [-0.15, -0.1) is 0 Å². The normalized spacial score (nSPS) is 13.3. The fraction of sp³-hybridized carbons (Fsp3) is 0.286. The number of anilines is 1. The van der Waals surface area contributed by atoms with E-state index in [0.717, 1.165) is 23.7 Å². The maximum absolute atomic E-state index is 12.6. The Labute approximate surface area is 123 Å². The zero-order valence-electron chi connectivity index (χ0n) is 10.9. The molecule has 20 heavy (non-hydrogen) atoms. The Morgan fingerprint density at radius 1 is 1.20 bits per heavy atom. The van der Waals surface area contributed by atoms with Gasteiger partial charge in [0.25, 0.3) is 0 Å². The Morgan fingerprint density at radius 3 is 2.40 bits per heavy atom. The molecule has 6 heteroatoms. The minimum Gasteiger partial charge on any atom is -0.464 e. The predicted octanol–water partition coefficient (Wildman–Crippen LogP) is 5.54. The molecule has 2 rings (SSSR count). The Hall–Kier alpha value is -1.43. The zero-order valence-corrected chi connectivity index (χ0v) is 12.5. The van der Waals surface area contributed by atoms with Crippen molar-refractivity contribution < 1.29 is 17.6 Å². The van der Waals surface area contributed by atoms with E-state index in [2.05, 4.69) is 21.2 Å². The summed E-state index contributed by atoms with van der Waals surface area (Å²) < 4.78 is 43.6. The van der Waals surface area contributed by atoms with E-state index in [1.807, 2.05) is 26.0 Å². The van der Waals surface area contributed by atoms with E-state index in [1.54, 1.807) is 0 Å². The second-order valence-electron chi connectivity index (χ2n) is 4.51. The van der Waals surface area contributed by atoms with Crippen LogP contribution in [0.5, 0.6) is 0 Å². The Kier molecular flexibility index (Phi) is 4.13. The molecule has 1 aromatic heterocycles. The van der Waals surface area contributed by atoms with E-state index < -0.39 is 11.7 Å². The van der Waals surface area contributed by atoms with Gasteiger partial charge in [0.2, 0.25) is 0 Å². The summed E-state index contributed by atoms with van der Waals surface area (Å²) in [6.45, 7) is 3.71.